The molecule has 0 fully saturated rings. The molecule has 0 unspecified atom stereocenters. The fraction of sp³-hybridized carbons (Fsp3) is 0.400. The highest BCUT2D eigenvalue weighted by molar-refractivity contribution is 5.29. The molecule has 0 atom stereocenters. The summed E-state index contributed by atoms with van der Waals surface area (Å²) in [6.45, 7) is 1.24. The molecular formula is C10H14O4. The number of phenolic OH excluding ortho intramolecular Hbond substituents is 1. The quantitative estimate of drug-likeness (QED) is 0.663. The van der Waals surface area contributed by atoms with Crippen LogP contribution >= 0.6 is 0 Å². The summed E-state index contributed by atoms with van der Waals surface area (Å²) in [5.74, 6) is 0.907. The highest BCUT2D eigenvalue weighted by Crippen LogP contribution is 2.15. The molecular weight excluding hydrogens is 184 g/mol. The third-order valence-electron chi connectivity index (χ3n) is 1.57. The fourth-order valence-corrected chi connectivity index (χ4v) is 0.927. The summed E-state index contributed by atoms with van der Waals surface area (Å²) in [7, 11) is 0. The SMILES string of the molecule is OCCOCCOc1ccc(O)cc1. The summed E-state index contributed by atoms with van der Waals surface area (Å²) >= 11 is 0. The number of phenols is 1. The molecule has 0 saturated heterocycles. The summed E-state index contributed by atoms with van der Waals surface area (Å²) in [5.41, 5.74) is 0. The van der Waals surface area contributed by atoms with E-state index in [9.17, 15) is 0 Å². The molecule has 4 heteroatoms. The molecule has 0 saturated carbocycles. The van der Waals surface area contributed by atoms with Gasteiger partial charge in [0.15, 0.2) is 0 Å². The van der Waals surface area contributed by atoms with E-state index < -0.39 is 0 Å². The molecule has 0 spiro atoms. The van der Waals surface area contributed by atoms with Gasteiger partial charge in [-0.15, -0.1) is 0 Å². The molecule has 0 heterocycles. The number of rotatable bonds is 6. The first-order chi connectivity index (χ1) is 6.83. The van der Waals surface area contributed by atoms with Crippen LogP contribution in [-0.2, 0) is 4.74 Å². The van der Waals surface area contributed by atoms with Crippen molar-refractivity contribution in [3.63, 3.8) is 0 Å². The van der Waals surface area contributed by atoms with Crippen molar-refractivity contribution >= 4 is 0 Å². The molecule has 0 aliphatic rings. The second kappa shape index (κ2) is 6.23. The second-order valence-electron chi connectivity index (χ2n) is 2.68. The Kier molecular flexibility index (Phi) is 4.82. The first kappa shape index (κ1) is 10.8. The zero-order valence-electron chi connectivity index (χ0n) is 7.85. The van der Waals surface area contributed by atoms with Crippen LogP contribution in [0.4, 0.5) is 0 Å². The first-order valence-electron chi connectivity index (χ1n) is 4.43. The molecule has 0 bridgehead atoms. The Morgan fingerprint density at radius 3 is 2.36 bits per heavy atom. The van der Waals surface area contributed by atoms with Gasteiger partial charge in [-0.2, -0.15) is 0 Å². The van der Waals surface area contributed by atoms with Gasteiger partial charge in [0.25, 0.3) is 0 Å². The van der Waals surface area contributed by atoms with Crippen LogP contribution in [0, 0.1) is 0 Å². The maximum absolute atomic E-state index is 8.99. The van der Waals surface area contributed by atoms with E-state index in [0.29, 0.717) is 25.6 Å². The van der Waals surface area contributed by atoms with Crippen molar-refractivity contribution in [1.82, 2.24) is 0 Å². The fourth-order valence-electron chi connectivity index (χ4n) is 0.927. The molecule has 2 N–H and O–H groups in total. The zero-order chi connectivity index (χ0) is 10.2. The number of aliphatic hydroxyl groups excluding tert-OH is 1. The summed E-state index contributed by atoms with van der Waals surface area (Å²) < 4.78 is 10.3. The highest BCUT2D eigenvalue weighted by Gasteiger charge is 1.93. The number of aliphatic hydroxyl groups is 1. The van der Waals surface area contributed by atoms with Gasteiger partial charge in [0.2, 0.25) is 0 Å². The maximum atomic E-state index is 8.99. The summed E-state index contributed by atoms with van der Waals surface area (Å²) in [5, 5.41) is 17.4. The Balaban J connectivity index is 2.15. The normalized spacial score (nSPS) is 10.1. The lowest BCUT2D eigenvalue weighted by Gasteiger charge is -2.06. The van der Waals surface area contributed by atoms with E-state index in [0.717, 1.165) is 0 Å². The van der Waals surface area contributed by atoms with Gasteiger partial charge < -0.3 is 19.7 Å². The summed E-state index contributed by atoms with van der Waals surface area (Å²) in [4.78, 5) is 0. The van der Waals surface area contributed by atoms with Crippen LogP contribution in [0.3, 0.4) is 0 Å². The van der Waals surface area contributed by atoms with E-state index in [-0.39, 0.29) is 12.4 Å². The van der Waals surface area contributed by atoms with Crippen LogP contribution in [0.25, 0.3) is 0 Å². The molecule has 4 nitrogen and oxygen atoms in total. The van der Waals surface area contributed by atoms with Gasteiger partial charge in [-0.1, -0.05) is 0 Å². The van der Waals surface area contributed by atoms with Crippen LogP contribution in [0.5, 0.6) is 11.5 Å². The van der Waals surface area contributed by atoms with Crippen LogP contribution in [0.2, 0.25) is 0 Å². The Morgan fingerprint density at radius 2 is 1.71 bits per heavy atom. The van der Waals surface area contributed by atoms with Crippen molar-refractivity contribution in [2.45, 2.75) is 0 Å². The van der Waals surface area contributed by atoms with Crippen molar-refractivity contribution in [3.05, 3.63) is 24.3 Å². The van der Waals surface area contributed by atoms with Crippen LogP contribution < -0.4 is 4.74 Å². The summed E-state index contributed by atoms with van der Waals surface area (Å²) in [6, 6.07) is 6.48. The Labute approximate surface area is 82.7 Å². The monoisotopic (exact) mass is 198 g/mol. The predicted octanol–water partition coefficient (Wildman–Crippen LogP) is 0.780. The smallest absolute Gasteiger partial charge is 0.119 e. The van der Waals surface area contributed by atoms with Crippen molar-refractivity contribution < 1.29 is 19.7 Å². The topological polar surface area (TPSA) is 58.9 Å². The number of aromatic hydroxyl groups is 1. The molecule has 14 heavy (non-hydrogen) atoms. The molecule has 0 radical (unpaired) electrons. The van der Waals surface area contributed by atoms with Crippen LogP contribution in [-0.4, -0.2) is 36.6 Å². The third kappa shape index (κ3) is 4.11. The van der Waals surface area contributed by atoms with Crippen LogP contribution in [0.1, 0.15) is 0 Å². The molecule has 0 aliphatic carbocycles. The average Bonchev–Trinajstić information content (AvgIpc) is 2.21. The van der Waals surface area contributed by atoms with Crippen molar-refractivity contribution in [1.29, 1.82) is 0 Å². The lowest BCUT2D eigenvalue weighted by atomic mass is 10.3. The van der Waals surface area contributed by atoms with E-state index in [1.807, 2.05) is 0 Å². The third-order valence-corrected chi connectivity index (χ3v) is 1.57. The number of ether oxygens (including phenoxy) is 2. The maximum Gasteiger partial charge on any atom is 0.119 e. The molecule has 0 aromatic heterocycles. The van der Waals surface area contributed by atoms with E-state index in [1.54, 1.807) is 24.3 Å². The number of hydrogen-bond acceptors (Lipinski definition) is 4. The average molecular weight is 198 g/mol. The van der Waals surface area contributed by atoms with Gasteiger partial charge in [-0.3, -0.25) is 0 Å². The first-order valence-corrected chi connectivity index (χ1v) is 4.43. The van der Waals surface area contributed by atoms with Gasteiger partial charge in [0.1, 0.15) is 18.1 Å². The van der Waals surface area contributed by atoms with E-state index in [4.69, 9.17) is 19.7 Å². The Bertz CT molecular complexity index is 245. The van der Waals surface area contributed by atoms with Gasteiger partial charge in [0, 0.05) is 0 Å². The molecule has 1 aromatic carbocycles. The largest absolute Gasteiger partial charge is 0.508 e. The predicted molar refractivity (Wildman–Crippen MR) is 51.5 cm³/mol. The highest BCUT2D eigenvalue weighted by atomic mass is 16.5. The summed E-state index contributed by atoms with van der Waals surface area (Å²) in [6.07, 6.45) is 0. The van der Waals surface area contributed by atoms with E-state index >= 15 is 0 Å². The minimum atomic E-state index is 0.0270. The molecule has 1 rings (SSSR count). The van der Waals surface area contributed by atoms with Crippen molar-refractivity contribution in [3.8, 4) is 11.5 Å². The number of benzene rings is 1. The molecule has 1 aromatic rings. The second-order valence-corrected chi connectivity index (χ2v) is 2.68. The minimum Gasteiger partial charge on any atom is -0.508 e. The van der Waals surface area contributed by atoms with Crippen molar-refractivity contribution in [2.24, 2.45) is 0 Å². The Morgan fingerprint density at radius 1 is 1.00 bits per heavy atom. The standard InChI is InChI=1S/C10H14O4/c11-5-6-13-7-8-14-10-3-1-9(12)2-4-10/h1-4,11-12H,5-8H2. The molecule has 0 aliphatic heterocycles. The van der Waals surface area contributed by atoms with Gasteiger partial charge in [0.05, 0.1) is 19.8 Å². The van der Waals surface area contributed by atoms with Gasteiger partial charge in [-0.25, -0.2) is 0 Å². The molecule has 0 amide bonds. The van der Waals surface area contributed by atoms with Crippen LogP contribution in [0.15, 0.2) is 24.3 Å². The van der Waals surface area contributed by atoms with Gasteiger partial charge >= 0.3 is 0 Å². The van der Waals surface area contributed by atoms with Gasteiger partial charge in [-0.05, 0) is 24.3 Å². The lowest BCUT2D eigenvalue weighted by molar-refractivity contribution is 0.0705. The van der Waals surface area contributed by atoms with E-state index in [1.165, 1.54) is 0 Å². The molecule has 78 valence electrons. The lowest BCUT2D eigenvalue weighted by Crippen LogP contribution is -2.08. The minimum absolute atomic E-state index is 0.0270. The van der Waals surface area contributed by atoms with Crippen molar-refractivity contribution in [2.75, 3.05) is 26.4 Å². The van der Waals surface area contributed by atoms with E-state index in [2.05, 4.69) is 0 Å². The number of hydrogen-bond donors (Lipinski definition) is 2. The zero-order valence-corrected chi connectivity index (χ0v) is 7.85. The Hall–Kier alpha value is -1.26.